The lowest BCUT2D eigenvalue weighted by Crippen LogP contribution is -2.31. The first-order valence-electron chi connectivity index (χ1n) is 19.5. The number of nitrogens with one attached hydrogen (secondary N) is 1. The number of nitrogens with zero attached hydrogens (tertiary/aromatic N) is 1. The van der Waals surface area contributed by atoms with Crippen LogP contribution in [-0.4, -0.2) is 63.8 Å². The van der Waals surface area contributed by atoms with E-state index in [9.17, 15) is 9.59 Å². The molecule has 0 atom stereocenters. The summed E-state index contributed by atoms with van der Waals surface area (Å²) in [7, 11) is 4.25. The van der Waals surface area contributed by atoms with Crippen molar-refractivity contribution in [3.05, 3.63) is 24.3 Å². The Morgan fingerprint density at radius 1 is 0.609 bits per heavy atom. The molecule has 0 aliphatic carbocycles. The number of hydrogen-bond acceptors (Lipinski definition) is 6. The fraction of sp³-hybridized carbons (Fsp3) is 0.850. The third-order valence-electron chi connectivity index (χ3n) is 8.67. The fourth-order valence-electron chi connectivity index (χ4n) is 5.71. The number of unbranched alkanes of at least 4 members (excludes halogenated alkanes) is 14. The van der Waals surface area contributed by atoms with Crippen molar-refractivity contribution in [3.63, 3.8) is 0 Å². The first-order valence-corrected chi connectivity index (χ1v) is 19.5. The molecule has 0 aromatic carbocycles. The summed E-state index contributed by atoms with van der Waals surface area (Å²) >= 11 is 0. The lowest BCUT2D eigenvalue weighted by Gasteiger charge is -2.24. The average Bonchev–Trinajstić information content (AvgIpc) is 3.05. The summed E-state index contributed by atoms with van der Waals surface area (Å²) < 4.78 is 10.9. The van der Waals surface area contributed by atoms with E-state index in [1.54, 1.807) is 0 Å². The van der Waals surface area contributed by atoms with Gasteiger partial charge in [-0.3, -0.25) is 9.59 Å². The molecule has 0 bridgehead atoms. The van der Waals surface area contributed by atoms with Crippen molar-refractivity contribution in [2.45, 2.75) is 168 Å². The number of ether oxygens (including phenoxy) is 2. The zero-order valence-corrected chi connectivity index (χ0v) is 31.0. The molecule has 0 unspecified atom stereocenters. The Morgan fingerprint density at radius 2 is 1.04 bits per heavy atom. The van der Waals surface area contributed by atoms with E-state index in [0.29, 0.717) is 26.1 Å². The Kier molecular flexibility index (Phi) is 34.9. The Bertz CT molecular complexity index is 672. The quantitative estimate of drug-likeness (QED) is 0.0419. The highest BCUT2D eigenvalue weighted by Gasteiger charge is 2.12. The van der Waals surface area contributed by atoms with Crippen LogP contribution in [0.3, 0.4) is 0 Å². The monoisotopic (exact) mass is 649 g/mol. The maximum atomic E-state index is 12.0. The molecule has 0 saturated carbocycles. The molecule has 0 fully saturated rings. The highest BCUT2D eigenvalue weighted by atomic mass is 16.5. The fourth-order valence-corrected chi connectivity index (χ4v) is 5.71. The number of allylic oxidation sites excluding steroid dienone is 4. The smallest absolute Gasteiger partial charge is 0.306 e. The van der Waals surface area contributed by atoms with Gasteiger partial charge in [0.2, 0.25) is 0 Å². The molecule has 0 radical (unpaired) electrons. The summed E-state index contributed by atoms with van der Waals surface area (Å²) in [4.78, 5) is 26.4. The summed E-state index contributed by atoms with van der Waals surface area (Å²) in [5.74, 6) is 0.598. The summed E-state index contributed by atoms with van der Waals surface area (Å²) in [6, 6.07) is 0. The predicted octanol–water partition coefficient (Wildman–Crippen LogP) is 10.4. The number of hydrogen-bond donors (Lipinski definition) is 1. The molecule has 46 heavy (non-hydrogen) atoms. The van der Waals surface area contributed by atoms with Crippen LogP contribution in [-0.2, 0) is 19.1 Å². The standard InChI is InChI=1S/C40H76N2O4/c1-5-7-9-11-13-15-17-25-31-39(43)45-35-27-21-19-23-29-38(37-42(4)34-33-41-3)30-24-20-22-28-36-46-40(44)32-26-18-16-14-12-10-8-6-2/h15-18,38,41H,5-14,19-37H2,1-4H3/b17-15+,18-16+. The Balaban J connectivity index is 3.98. The summed E-state index contributed by atoms with van der Waals surface area (Å²) in [5.41, 5.74) is 0. The molecule has 0 aliphatic heterocycles. The molecule has 0 heterocycles. The third-order valence-corrected chi connectivity index (χ3v) is 8.67. The van der Waals surface area contributed by atoms with Crippen LogP contribution in [0, 0.1) is 5.92 Å². The molecule has 0 aliphatic rings. The van der Waals surface area contributed by atoms with Gasteiger partial charge in [-0.2, -0.15) is 0 Å². The van der Waals surface area contributed by atoms with Crippen LogP contribution in [0.2, 0.25) is 0 Å². The van der Waals surface area contributed by atoms with Gasteiger partial charge in [-0.1, -0.05) is 115 Å². The second-order valence-corrected chi connectivity index (χ2v) is 13.3. The Hall–Kier alpha value is -1.66. The minimum Gasteiger partial charge on any atom is -0.466 e. The number of rotatable bonds is 35. The van der Waals surface area contributed by atoms with Crippen LogP contribution >= 0.6 is 0 Å². The van der Waals surface area contributed by atoms with E-state index in [2.05, 4.69) is 55.4 Å². The molecule has 0 amide bonds. The van der Waals surface area contributed by atoms with Gasteiger partial charge < -0.3 is 19.7 Å². The van der Waals surface area contributed by atoms with Gasteiger partial charge in [0, 0.05) is 32.5 Å². The van der Waals surface area contributed by atoms with Crippen molar-refractivity contribution in [1.82, 2.24) is 10.2 Å². The van der Waals surface area contributed by atoms with Gasteiger partial charge >= 0.3 is 11.9 Å². The number of carbonyl (C=O) groups excluding carboxylic acids is 2. The molecule has 0 aromatic rings. The normalized spacial score (nSPS) is 11.9. The van der Waals surface area contributed by atoms with Crippen LogP contribution in [0.15, 0.2) is 24.3 Å². The third kappa shape index (κ3) is 33.7. The van der Waals surface area contributed by atoms with Crippen LogP contribution < -0.4 is 5.32 Å². The molecular weight excluding hydrogens is 572 g/mol. The molecule has 270 valence electrons. The van der Waals surface area contributed by atoms with E-state index in [1.165, 1.54) is 89.9 Å². The molecule has 6 heteroatoms. The summed E-state index contributed by atoms with van der Waals surface area (Å²) in [6.45, 7) is 8.83. The molecule has 1 N–H and O–H groups in total. The maximum absolute atomic E-state index is 12.0. The molecular formula is C40H76N2O4. The summed E-state index contributed by atoms with van der Waals surface area (Å²) in [6.07, 6.45) is 35.4. The van der Waals surface area contributed by atoms with Gasteiger partial charge in [0.15, 0.2) is 0 Å². The number of carbonyl (C=O) groups is 2. The molecule has 0 rings (SSSR count). The second-order valence-electron chi connectivity index (χ2n) is 13.3. The van der Waals surface area contributed by atoms with E-state index in [-0.39, 0.29) is 11.9 Å². The van der Waals surface area contributed by atoms with Crippen molar-refractivity contribution in [2.24, 2.45) is 5.92 Å². The van der Waals surface area contributed by atoms with E-state index in [1.807, 2.05) is 7.05 Å². The van der Waals surface area contributed by atoms with Crippen LogP contribution in [0.1, 0.15) is 168 Å². The van der Waals surface area contributed by atoms with E-state index < -0.39 is 0 Å². The van der Waals surface area contributed by atoms with Gasteiger partial charge in [-0.25, -0.2) is 0 Å². The van der Waals surface area contributed by atoms with Crippen LogP contribution in [0.25, 0.3) is 0 Å². The first-order chi connectivity index (χ1) is 22.5. The van der Waals surface area contributed by atoms with E-state index >= 15 is 0 Å². The first kappa shape index (κ1) is 44.3. The van der Waals surface area contributed by atoms with Gasteiger partial charge in [-0.05, 0) is 84.2 Å². The molecule has 0 spiro atoms. The number of likely N-dealkylation sites (N-methyl/N-ethyl adjacent to an activating group) is 2. The SMILES string of the molecule is CCCCCC/C=C/CCC(=O)OCCCCCCC(CCCCCCOC(=O)CC/C=C/CCCCCC)CN(C)CCNC. The minimum absolute atomic E-state index is 0.0605. The molecule has 0 saturated heterocycles. The van der Waals surface area contributed by atoms with Crippen molar-refractivity contribution >= 4 is 11.9 Å². The predicted molar refractivity (Wildman–Crippen MR) is 197 cm³/mol. The lowest BCUT2D eigenvalue weighted by atomic mass is 9.94. The average molecular weight is 649 g/mol. The zero-order valence-electron chi connectivity index (χ0n) is 31.0. The van der Waals surface area contributed by atoms with Gasteiger partial charge in [-0.15, -0.1) is 0 Å². The van der Waals surface area contributed by atoms with Crippen molar-refractivity contribution in [2.75, 3.05) is 46.9 Å². The Morgan fingerprint density at radius 3 is 1.50 bits per heavy atom. The highest BCUT2D eigenvalue weighted by molar-refractivity contribution is 5.69. The van der Waals surface area contributed by atoms with E-state index in [4.69, 9.17) is 9.47 Å². The van der Waals surface area contributed by atoms with E-state index in [0.717, 1.165) is 76.9 Å². The second kappa shape index (κ2) is 36.2. The molecule has 0 aromatic heterocycles. The van der Waals surface area contributed by atoms with Crippen molar-refractivity contribution in [3.8, 4) is 0 Å². The van der Waals surface area contributed by atoms with Crippen LogP contribution in [0.5, 0.6) is 0 Å². The maximum Gasteiger partial charge on any atom is 0.306 e. The number of esters is 2. The minimum atomic E-state index is -0.0605. The Labute approximate surface area is 285 Å². The van der Waals surface area contributed by atoms with Crippen LogP contribution in [0.4, 0.5) is 0 Å². The van der Waals surface area contributed by atoms with Gasteiger partial charge in [0.25, 0.3) is 0 Å². The largest absolute Gasteiger partial charge is 0.466 e. The topological polar surface area (TPSA) is 67.9 Å². The highest BCUT2D eigenvalue weighted by Crippen LogP contribution is 2.20. The van der Waals surface area contributed by atoms with Crippen molar-refractivity contribution in [1.29, 1.82) is 0 Å². The summed E-state index contributed by atoms with van der Waals surface area (Å²) in [5, 5.41) is 3.26. The van der Waals surface area contributed by atoms with Gasteiger partial charge in [0.1, 0.15) is 0 Å². The van der Waals surface area contributed by atoms with Crippen molar-refractivity contribution < 1.29 is 19.1 Å². The lowest BCUT2D eigenvalue weighted by molar-refractivity contribution is -0.144. The zero-order chi connectivity index (χ0) is 33.8. The molecule has 6 nitrogen and oxygen atoms in total. The van der Waals surface area contributed by atoms with Gasteiger partial charge in [0.05, 0.1) is 13.2 Å².